The molecule has 3 aromatic carbocycles. The molecule has 3 rings (SSSR count). The summed E-state index contributed by atoms with van der Waals surface area (Å²) in [6, 6.07) is 21.5. The van der Waals surface area contributed by atoms with Crippen LogP contribution in [0.5, 0.6) is 23.0 Å². The van der Waals surface area contributed by atoms with Gasteiger partial charge in [-0.05, 0) is 79.8 Å². The van der Waals surface area contributed by atoms with Crippen molar-refractivity contribution in [3.05, 3.63) is 83.4 Å². The van der Waals surface area contributed by atoms with Crippen molar-refractivity contribution >= 4 is 5.97 Å². The molecule has 0 amide bonds. The molecule has 3 aromatic rings. The highest BCUT2D eigenvalue weighted by Gasteiger charge is 2.12. The number of hydrogen-bond donors (Lipinski definition) is 1. The van der Waals surface area contributed by atoms with Crippen LogP contribution >= 0.6 is 0 Å². The number of aryl methyl sites for hydroxylation is 3. The molecule has 0 aromatic heterocycles. The second kappa shape index (κ2) is 12.0. The van der Waals surface area contributed by atoms with Gasteiger partial charge < -0.3 is 19.3 Å². The number of carbonyl (C=O) groups is 1. The van der Waals surface area contributed by atoms with Crippen molar-refractivity contribution in [3.63, 3.8) is 0 Å². The Morgan fingerprint density at radius 3 is 2.45 bits per heavy atom. The Kier molecular flexibility index (Phi) is 8.76. The summed E-state index contributed by atoms with van der Waals surface area (Å²) in [5, 5.41) is 8.87. The standard InChI is InChI=1S/C28H32O5/c1-4-22-10-14-26(27(19-22)33-24-8-6-5-7-9-24)32-21(3)16-17-31-25-13-11-23(20(2)18-25)12-15-28(29)30/h5-11,13-14,18-19,21H,4,12,15-17H2,1-3H3,(H,29,30). The van der Waals surface area contributed by atoms with Gasteiger partial charge in [-0.25, -0.2) is 0 Å². The summed E-state index contributed by atoms with van der Waals surface area (Å²) in [5.41, 5.74) is 3.26. The van der Waals surface area contributed by atoms with E-state index in [0.717, 1.165) is 29.0 Å². The van der Waals surface area contributed by atoms with Gasteiger partial charge in [-0.15, -0.1) is 0 Å². The van der Waals surface area contributed by atoms with E-state index in [1.807, 2.05) is 74.5 Å². The molecule has 174 valence electrons. The van der Waals surface area contributed by atoms with E-state index < -0.39 is 5.97 Å². The molecule has 0 aliphatic carbocycles. The number of carboxylic acids is 1. The van der Waals surface area contributed by atoms with Gasteiger partial charge in [0.15, 0.2) is 11.5 Å². The van der Waals surface area contributed by atoms with Crippen LogP contribution in [0.2, 0.25) is 0 Å². The average molecular weight is 449 g/mol. The predicted octanol–water partition coefficient (Wildman–Crippen LogP) is 6.60. The van der Waals surface area contributed by atoms with Gasteiger partial charge in [0.1, 0.15) is 11.5 Å². The van der Waals surface area contributed by atoms with Gasteiger partial charge in [0.05, 0.1) is 12.7 Å². The molecule has 0 heterocycles. The number of carboxylic acid groups (broad SMARTS) is 1. The minimum Gasteiger partial charge on any atom is -0.493 e. The quantitative estimate of drug-likeness (QED) is 0.338. The van der Waals surface area contributed by atoms with E-state index in [4.69, 9.17) is 19.3 Å². The molecule has 0 spiro atoms. The fraction of sp³-hybridized carbons (Fsp3) is 0.321. The van der Waals surface area contributed by atoms with Gasteiger partial charge in [0.25, 0.3) is 0 Å². The van der Waals surface area contributed by atoms with Crippen LogP contribution in [0.25, 0.3) is 0 Å². The molecular formula is C28H32O5. The molecule has 5 heteroatoms. The molecule has 0 bridgehead atoms. The Balaban J connectivity index is 1.56. The van der Waals surface area contributed by atoms with Crippen molar-refractivity contribution in [2.75, 3.05) is 6.61 Å². The summed E-state index contributed by atoms with van der Waals surface area (Å²) in [6.07, 6.45) is 2.22. The summed E-state index contributed by atoms with van der Waals surface area (Å²) < 4.78 is 18.2. The highest BCUT2D eigenvalue weighted by atomic mass is 16.5. The van der Waals surface area contributed by atoms with Crippen molar-refractivity contribution < 1.29 is 24.1 Å². The molecule has 0 aliphatic rings. The second-order valence-corrected chi connectivity index (χ2v) is 8.10. The van der Waals surface area contributed by atoms with E-state index in [-0.39, 0.29) is 12.5 Å². The maximum Gasteiger partial charge on any atom is 0.303 e. The van der Waals surface area contributed by atoms with E-state index in [2.05, 4.69) is 13.0 Å². The lowest BCUT2D eigenvalue weighted by Crippen LogP contribution is -2.16. The maximum absolute atomic E-state index is 10.8. The topological polar surface area (TPSA) is 65.0 Å². The molecule has 0 saturated carbocycles. The molecule has 1 unspecified atom stereocenters. The normalized spacial score (nSPS) is 11.6. The van der Waals surface area contributed by atoms with E-state index in [0.29, 0.717) is 30.9 Å². The van der Waals surface area contributed by atoms with Crippen molar-refractivity contribution in [1.82, 2.24) is 0 Å². The second-order valence-electron chi connectivity index (χ2n) is 8.10. The van der Waals surface area contributed by atoms with Crippen LogP contribution in [0.3, 0.4) is 0 Å². The predicted molar refractivity (Wildman–Crippen MR) is 130 cm³/mol. The van der Waals surface area contributed by atoms with Crippen LogP contribution < -0.4 is 14.2 Å². The highest BCUT2D eigenvalue weighted by molar-refractivity contribution is 5.67. The van der Waals surface area contributed by atoms with Crippen LogP contribution in [0.1, 0.15) is 43.4 Å². The molecule has 33 heavy (non-hydrogen) atoms. The van der Waals surface area contributed by atoms with Crippen LogP contribution in [0.15, 0.2) is 66.7 Å². The third-order valence-corrected chi connectivity index (χ3v) is 5.43. The Morgan fingerprint density at radius 1 is 0.970 bits per heavy atom. The van der Waals surface area contributed by atoms with Gasteiger partial charge in [-0.2, -0.15) is 0 Å². The number of aliphatic carboxylic acids is 1. The van der Waals surface area contributed by atoms with Gasteiger partial charge >= 0.3 is 5.97 Å². The van der Waals surface area contributed by atoms with Crippen LogP contribution in [-0.4, -0.2) is 23.8 Å². The molecule has 0 aliphatic heterocycles. The lowest BCUT2D eigenvalue weighted by Gasteiger charge is -2.19. The molecule has 0 fully saturated rings. The van der Waals surface area contributed by atoms with Crippen molar-refractivity contribution in [2.24, 2.45) is 0 Å². The van der Waals surface area contributed by atoms with Crippen LogP contribution in [-0.2, 0) is 17.6 Å². The zero-order valence-electron chi connectivity index (χ0n) is 19.5. The Bertz CT molecular complexity index is 1050. The van der Waals surface area contributed by atoms with Crippen molar-refractivity contribution in [3.8, 4) is 23.0 Å². The zero-order chi connectivity index (χ0) is 23.6. The summed E-state index contributed by atoms with van der Waals surface area (Å²) in [4.78, 5) is 10.8. The molecule has 0 radical (unpaired) electrons. The SMILES string of the molecule is CCc1ccc(OC(C)CCOc2ccc(CCC(=O)O)c(C)c2)c(Oc2ccccc2)c1. The Morgan fingerprint density at radius 2 is 1.76 bits per heavy atom. The fourth-order valence-corrected chi connectivity index (χ4v) is 3.46. The number of hydrogen-bond acceptors (Lipinski definition) is 4. The number of rotatable bonds is 12. The molecule has 1 N–H and O–H groups in total. The van der Waals surface area contributed by atoms with Crippen molar-refractivity contribution in [2.45, 2.75) is 52.6 Å². The average Bonchev–Trinajstić information content (AvgIpc) is 2.80. The summed E-state index contributed by atoms with van der Waals surface area (Å²) in [7, 11) is 0. The minimum atomic E-state index is -0.787. The maximum atomic E-state index is 10.8. The van der Waals surface area contributed by atoms with Crippen molar-refractivity contribution in [1.29, 1.82) is 0 Å². The van der Waals surface area contributed by atoms with E-state index in [1.54, 1.807) is 0 Å². The zero-order valence-corrected chi connectivity index (χ0v) is 19.5. The summed E-state index contributed by atoms with van der Waals surface area (Å²) >= 11 is 0. The molecule has 0 saturated heterocycles. The number of para-hydroxylation sites is 1. The summed E-state index contributed by atoms with van der Waals surface area (Å²) in [6.45, 7) is 6.62. The first-order chi connectivity index (χ1) is 15.9. The first kappa shape index (κ1) is 24.2. The van der Waals surface area contributed by atoms with E-state index in [9.17, 15) is 4.79 Å². The third kappa shape index (κ3) is 7.56. The Labute approximate surface area is 195 Å². The lowest BCUT2D eigenvalue weighted by atomic mass is 10.0. The monoisotopic (exact) mass is 448 g/mol. The molecule has 1 atom stereocenters. The largest absolute Gasteiger partial charge is 0.493 e. The van der Waals surface area contributed by atoms with E-state index in [1.165, 1.54) is 5.56 Å². The van der Waals surface area contributed by atoms with Crippen LogP contribution in [0, 0.1) is 6.92 Å². The summed E-state index contributed by atoms with van der Waals surface area (Å²) in [5.74, 6) is 2.18. The number of ether oxygens (including phenoxy) is 3. The van der Waals surface area contributed by atoms with E-state index >= 15 is 0 Å². The smallest absolute Gasteiger partial charge is 0.303 e. The van der Waals surface area contributed by atoms with Gasteiger partial charge in [-0.1, -0.05) is 37.3 Å². The molecular weight excluding hydrogens is 416 g/mol. The van der Waals surface area contributed by atoms with Gasteiger partial charge in [-0.3, -0.25) is 4.79 Å². The molecule has 5 nitrogen and oxygen atoms in total. The lowest BCUT2D eigenvalue weighted by molar-refractivity contribution is -0.136. The van der Waals surface area contributed by atoms with Crippen LogP contribution in [0.4, 0.5) is 0 Å². The first-order valence-corrected chi connectivity index (χ1v) is 11.4. The fourth-order valence-electron chi connectivity index (χ4n) is 3.46. The van der Waals surface area contributed by atoms with Gasteiger partial charge in [0, 0.05) is 12.8 Å². The van der Waals surface area contributed by atoms with Gasteiger partial charge in [0.2, 0.25) is 0 Å². The number of benzene rings is 3. The minimum absolute atomic E-state index is 0.0634. The first-order valence-electron chi connectivity index (χ1n) is 11.4. The third-order valence-electron chi connectivity index (χ3n) is 5.43. The highest BCUT2D eigenvalue weighted by Crippen LogP contribution is 2.33. The Hall–Kier alpha value is -3.47.